The van der Waals surface area contributed by atoms with Crippen LogP contribution in [0, 0.1) is 6.92 Å². The van der Waals surface area contributed by atoms with E-state index in [-0.39, 0.29) is 17.9 Å². The number of benzene rings is 2. The van der Waals surface area contributed by atoms with E-state index in [2.05, 4.69) is 5.32 Å². The van der Waals surface area contributed by atoms with Crippen LogP contribution in [0.15, 0.2) is 54.6 Å². The largest absolute Gasteiger partial charge is 0.352 e. The highest BCUT2D eigenvalue weighted by atomic mass is 16.2. The molecule has 0 aliphatic rings. The average molecular weight is 381 g/mol. The minimum Gasteiger partial charge on any atom is -0.352 e. The first-order valence-electron chi connectivity index (χ1n) is 10.1. The Labute approximate surface area is 169 Å². The maximum atomic E-state index is 13.1. The van der Waals surface area contributed by atoms with Crippen molar-refractivity contribution in [2.45, 2.75) is 59.0 Å². The van der Waals surface area contributed by atoms with Crippen molar-refractivity contribution in [2.75, 3.05) is 6.54 Å². The Morgan fingerprint density at radius 1 is 0.964 bits per heavy atom. The third-order valence-corrected chi connectivity index (χ3v) is 5.13. The molecular formula is C24H32N2O2. The fraction of sp³-hybridized carbons (Fsp3) is 0.417. The Morgan fingerprint density at radius 3 is 2.21 bits per heavy atom. The van der Waals surface area contributed by atoms with Crippen molar-refractivity contribution in [2.24, 2.45) is 0 Å². The van der Waals surface area contributed by atoms with Crippen molar-refractivity contribution < 1.29 is 9.59 Å². The summed E-state index contributed by atoms with van der Waals surface area (Å²) >= 11 is 0. The molecule has 1 N–H and O–H groups in total. The van der Waals surface area contributed by atoms with Gasteiger partial charge < -0.3 is 10.2 Å². The van der Waals surface area contributed by atoms with Crippen molar-refractivity contribution in [3.8, 4) is 0 Å². The standard InChI is InChI=1S/C24H32N2O2/c1-5-19(3)25-24(28)20(4)26(16-15-21-9-7-6-8-10-21)23(27)17-22-13-11-18(2)12-14-22/h6-14,19-20H,5,15-17H2,1-4H3,(H,25,28)/t19-,20+/m1/s1. The molecule has 4 nitrogen and oxygen atoms in total. The van der Waals surface area contributed by atoms with Crippen LogP contribution in [0.5, 0.6) is 0 Å². The highest BCUT2D eigenvalue weighted by Gasteiger charge is 2.26. The number of nitrogens with zero attached hydrogens (tertiary/aromatic N) is 1. The Morgan fingerprint density at radius 2 is 1.61 bits per heavy atom. The van der Waals surface area contributed by atoms with Gasteiger partial charge in [-0.2, -0.15) is 0 Å². The van der Waals surface area contributed by atoms with E-state index in [1.807, 2.05) is 82.3 Å². The molecule has 28 heavy (non-hydrogen) atoms. The molecule has 2 aromatic carbocycles. The predicted octanol–water partition coefficient (Wildman–Crippen LogP) is 3.91. The van der Waals surface area contributed by atoms with Crippen LogP contribution in [0.3, 0.4) is 0 Å². The summed E-state index contributed by atoms with van der Waals surface area (Å²) in [7, 11) is 0. The molecular weight excluding hydrogens is 348 g/mol. The van der Waals surface area contributed by atoms with Gasteiger partial charge in [-0.05, 0) is 44.7 Å². The Balaban J connectivity index is 2.12. The van der Waals surface area contributed by atoms with Crippen LogP contribution in [0.2, 0.25) is 0 Å². The van der Waals surface area contributed by atoms with Crippen LogP contribution in [-0.2, 0) is 22.4 Å². The molecule has 2 aromatic rings. The highest BCUT2D eigenvalue weighted by Crippen LogP contribution is 2.11. The lowest BCUT2D eigenvalue weighted by atomic mass is 10.1. The molecule has 0 spiro atoms. The van der Waals surface area contributed by atoms with Gasteiger partial charge in [-0.3, -0.25) is 9.59 Å². The zero-order valence-corrected chi connectivity index (χ0v) is 17.4. The minimum atomic E-state index is -0.504. The quantitative estimate of drug-likeness (QED) is 0.717. The number of nitrogens with one attached hydrogen (secondary N) is 1. The molecule has 0 aliphatic heterocycles. The minimum absolute atomic E-state index is 0.0217. The molecule has 4 heteroatoms. The number of rotatable bonds is 9. The van der Waals surface area contributed by atoms with Crippen molar-refractivity contribution in [3.63, 3.8) is 0 Å². The van der Waals surface area contributed by atoms with E-state index in [1.54, 1.807) is 4.90 Å². The number of carbonyl (C=O) groups excluding carboxylic acids is 2. The van der Waals surface area contributed by atoms with Crippen LogP contribution >= 0.6 is 0 Å². The summed E-state index contributed by atoms with van der Waals surface area (Å²) in [4.78, 5) is 27.4. The average Bonchev–Trinajstić information content (AvgIpc) is 2.70. The predicted molar refractivity (Wildman–Crippen MR) is 114 cm³/mol. The van der Waals surface area contributed by atoms with Gasteiger partial charge in [0.1, 0.15) is 6.04 Å². The number of carbonyl (C=O) groups is 2. The molecule has 0 saturated heterocycles. The molecule has 0 unspecified atom stereocenters. The topological polar surface area (TPSA) is 49.4 Å². The van der Waals surface area contributed by atoms with Crippen LogP contribution < -0.4 is 5.32 Å². The van der Waals surface area contributed by atoms with E-state index in [0.717, 1.165) is 24.0 Å². The summed E-state index contributed by atoms with van der Waals surface area (Å²) in [6.45, 7) is 8.37. The zero-order chi connectivity index (χ0) is 20.5. The summed E-state index contributed by atoms with van der Waals surface area (Å²) in [5.41, 5.74) is 3.29. The van der Waals surface area contributed by atoms with Gasteiger partial charge >= 0.3 is 0 Å². The molecule has 2 rings (SSSR count). The van der Waals surface area contributed by atoms with E-state index in [4.69, 9.17) is 0 Å². The first kappa shape index (κ1) is 21.7. The molecule has 0 fully saturated rings. The van der Waals surface area contributed by atoms with Gasteiger partial charge in [0, 0.05) is 12.6 Å². The molecule has 0 aromatic heterocycles. The number of hydrogen-bond donors (Lipinski definition) is 1. The molecule has 0 saturated carbocycles. The van der Waals surface area contributed by atoms with Crippen LogP contribution in [0.4, 0.5) is 0 Å². The summed E-state index contributed by atoms with van der Waals surface area (Å²) < 4.78 is 0. The van der Waals surface area contributed by atoms with Crippen LogP contribution in [0.1, 0.15) is 43.9 Å². The van der Waals surface area contributed by atoms with Crippen molar-refractivity contribution in [1.82, 2.24) is 10.2 Å². The maximum absolute atomic E-state index is 13.1. The normalized spacial score (nSPS) is 12.9. The van der Waals surface area contributed by atoms with Crippen molar-refractivity contribution >= 4 is 11.8 Å². The van der Waals surface area contributed by atoms with Gasteiger partial charge in [0.25, 0.3) is 0 Å². The summed E-state index contributed by atoms with van der Waals surface area (Å²) in [6.07, 6.45) is 1.89. The molecule has 2 amide bonds. The fourth-order valence-electron chi connectivity index (χ4n) is 3.02. The first-order valence-corrected chi connectivity index (χ1v) is 10.1. The van der Waals surface area contributed by atoms with Crippen molar-refractivity contribution in [1.29, 1.82) is 0 Å². The van der Waals surface area contributed by atoms with Crippen LogP contribution in [0.25, 0.3) is 0 Å². The van der Waals surface area contributed by atoms with Gasteiger partial charge in [-0.25, -0.2) is 0 Å². The molecule has 0 radical (unpaired) electrons. The monoisotopic (exact) mass is 380 g/mol. The number of aryl methyl sites for hydroxylation is 1. The molecule has 0 bridgehead atoms. The van der Waals surface area contributed by atoms with E-state index in [1.165, 1.54) is 5.56 Å². The fourth-order valence-corrected chi connectivity index (χ4v) is 3.02. The van der Waals surface area contributed by atoms with E-state index >= 15 is 0 Å². The SMILES string of the molecule is CC[C@@H](C)NC(=O)[C@H](C)N(CCc1ccccc1)C(=O)Cc1ccc(C)cc1. The van der Waals surface area contributed by atoms with Gasteiger partial charge in [0.05, 0.1) is 6.42 Å². The Hall–Kier alpha value is -2.62. The smallest absolute Gasteiger partial charge is 0.242 e. The second-order valence-corrected chi connectivity index (χ2v) is 7.48. The number of amides is 2. The lowest BCUT2D eigenvalue weighted by Crippen LogP contribution is -2.50. The number of hydrogen-bond acceptors (Lipinski definition) is 2. The van der Waals surface area contributed by atoms with E-state index in [0.29, 0.717) is 13.0 Å². The Bertz CT molecular complexity index is 756. The van der Waals surface area contributed by atoms with E-state index in [9.17, 15) is 9.59 Å². The van der Waals surface area contributed by atoms with E-state index < -0.39 is 6.04 Å². The third kappa shape index (κ3) is 6.52. The molecule has 0 aliphatic carbocycles. The second-order valence-electron chi connectivity index (χ2n) is 7.48. The van der Waals surface area contributed by atoms with Gasteiger partial charge in [0.15, 0.2) is 0 Å². The van der Waals surface area contributed by atoms with Crippen molar-refractivity contribution in [3.05, 3.63) is 71.3 Å². The van der Waals surface area contributed by atoms with Gasteiger partial charge in [-0.15, -0.1) is 0 Å². The molecule has 0 heterocycles. The maximum Gasteiger partial charge on any atom is 0.242 e. The summed E-state index contributed by atoms with van der Waals surface area (Å²) in [5, 5.41) is 3.00. The molecule has 150 valence electrons. The zero-order valence-electron chi connectivity index (χ0n) is 17.4. The lowest BCUT2D eigenvalue weighted by Gasteiger charge is -2.29. The van der Waals surface area contributed by atoms with Gasteiger partial charge in [-0.1, -0.05) is 67.1 Å². The van der Waals surface area contributed by atoms with Gasteiger partial charge in [0.2, 0.25) is 11.8 Å². The molecule has 2 atom stereocenters. The highest BCUT2D eigenvalue weighted by molar-refractivity contribution is 5.88. The third-order valence-electron chi connectivity index (χ3n) is 5.13. The summed E-state index contributed by atoms with van der Waals surface area (Å²) in [6, 6.07) is 17.6. The Kier molecular flexibility index (Phi) is 8.24. The lowest BCUT2D eigenvalue weighted by molar-refractivity contribution is -0.139. The van der Waals surface area contributed by atoms with Crippen LogP contribution in [-0.4, -0.2) is 35.3 Å². The second kappa shape index (κ2) is 10.6. The summed E-state index contributed by atoms with van der Waals surface area (Å²) in [5.74, 6) is -0.119. The first-order chi connectivity index (χ1) is 13.4.